The Balaban J connectivity index is 1.88. The first kappa shape index (κ1) is 11.0. The van der Waals surface area contributed by atoms with Crippen LogP contribution in [-0.4, -0.2) is 14.6 Å². The molecule has 4 nitrogen and oxygen atoms in total. The highest BCUT2D eigenvalue weighted by molar-refractivity contribution is 5.94. The smallest absolute Gasteiger partial charge is 0.233 e. The van der Waals surface area contributed by atoms with Gasteiger partial charge in [-0.05, 0) is 23.6 Å². The molecule has 0 unspecified atom stereocenters. The summed E-state index contributed by atoms with van der Waals surface area (Å²) in [4.78, 5) is 0. The molecule has 0 saturated heterocycles. The highest BCUT2D eigenvalue weighted by atomic mass is 15.3. The zero-order valence-corrected chi connectivity index (χ0v) is 10.7. The van der Waals surface area contributed by atoms with Gasteiger partial charge in [-0.25, -0.2) is 0 Å². The summed E-state index contributed by atoms with van der Waals surface area (Å²) in [6, 6.07) is 20.2. The van der Waals surface area contributed by atoms with Crippen LogP contribution < -0.4 is 5.32 Å². The van der Waals surface area contributed by atoms with Crippen LogP contribution in [0.1, 0.15) is 0 Å². The van der Waals surface area contributed by atoms with Crippen LogP contribution in [0.4, 0.5) is 11.6 Å². The highest BCUT2D eigenvalue weighted by Crippen LogP contribution is 2.22. The zero-order chi connectivity index (χ0) is 13.4. The molecule has 0 aliphatic rings. The lowest BCUT2D eigenvalue weighted by molar-refractivity contribution is 1.11. The number of para-hydroxylation sites is 1. The van der Waals surface area contributed by atoms with Crippen molar-refractivity contribution in [2.75, 3.05) is 5.32 Å². The predicted molar refractivity (Wildman–Crippen MR) is 80.2 cm³/mol. The Morgan fingerprint density at radius 3 is 2.50 bits per heavy atom. The zero-order valence-electron chi connectivity index (χ0n) is 10.7. The average molecular weight is 260 g/mol. The van der Waals surface area contributed by atoms with E-state index < -0.39 is 0 Å². The molecule has 4 aromatic rings. The summed E-state index contributed by atoms with van der Waals surface area (Å²) >= 11 is 0. The maximum atomic E-state index is 4.29. The number of aromatic nitrogens is 3. The van der Waals surface area contributed by atoms with Crippen LogP contribution >= 0.6 is 0 Å². The van der Waals surface area contributed by atoms with Crippen molar-refractivity contribution in [3.05, 3.63) is 66.9 Å². The molecule has 0 spiro atoms. The number of hydrogen-bond donors (Lipinski definition) is 1. The Bertz CT molecular complexity index is 881. The standard InChI is InChI=1S/C16H12N4/c1-2-7-13(8-3-1)17-16-19-18-15-14-9-5-4-6-12(14)10-11-20(15)16/h1-11H,(H,17,19). The van der Waals surface area contributed by atoms with Crippen LogP contribution in [0.25, 0.3) is 16.4 Å². The van der Waals surface area contributed by atoms with Crippen molar-refractivity contribution in [1.29, 1.82) is 0 Å². The fourth-order valence-electron chi connectivity index (χ4n) is 2.35. The number of anilines is 2. The second-order valence-corrected chi connectivity index (χ2v) is 4.61. The van der Waals surface area contributed by atoms with Crippen LogP contribution in [0.3, 0.4) is 0 Å². The molecule has 20 heavy (non-hydrogen) atoms. The molecule has 0 saturated carbocycles. The van der Waals surface area contributed by atoms with Gasteiger partial charge in [0.05, 0.1) is 0 Å². The molecule has 0 fully saturated rings. The van der Waals surface area contributed by atoms with Crippen molar-refractivity contribution in [1.82, 2.24) is 14.6 Å². The van der Waals surface area contributed by atoms with Crippen LogP contribution in [-0.2, 0) is 0 Å². The first-order chi connectivity index (χ1) is 9.92. The maximum absolute atomic E-state index is 4.29. The minimum Gasteiger partial charge on any atom is -0.324 e. The Labute approximate surface area is 115 Å². The van der Waals surface area contributed by atoms with Crippen molar-refractivity contribution in [2.24, 2.45) is 0 Å². The van der Waals surface area contributed by atoms with Gasteiger partial charge in [0, 0.05) is 17.3 Å². The highest BCUT2D eigenvalue weighted by Gasteiger charge is 2.08. The second-order valence-electron chi connectivity index (χ2n) is 4.61. The molecule has 2 aromatic heterocycles. The van der Waals surface area contributed by atoms with E-state index in [1.807, 2.05) is 53.1 Å². The summed E-state index contributed by atoms with van der Waals surface area (Å²) < 4.78 is 1.97. The topological polar surface area (TPSA) is 42.2 Å². The van der Waals surface area contributed by atoms with Gasteiger partial charge in [0.1, 0.15) is 0 Å². The normalized spacial score (nSPS) is 11.0. The van der Waals surface area contributed by atoms with Gasteiger partial charge in [-0.1, -0.05) is 42.5 Å². The molecule has 0 radical (unpaired) electrons. The number of pyridine rings is 1. The summed E-state index contributed by atoms with van der Waals surface area (Å²) in [6.45, 7) is 0. The van der Waals surface area contributed by atoms with E-state index in [1.165, 1.54) is 5.39 Å². The number of nitrogens with zero attached hydrogens (tertiary/aromatic N) is 3. The summed E-state index contributed by atoms with van der Waals surface area (Å²) in [6.07, 6.45) is 1.99. The molecule has 96 valence electrons. The van der Waals surface area contributed by atoms with Crippen molar-refractivity contribution in [3.8, 4) is 0 Å². The van der Waals surface area contributed by atoms with Crippen molar-refractivity contribution in [2.45, 2.75) is 0 Å². The van der Waals surface area contributed by atoms with Gasteiger partial charge in [0.15, 0.2) is 5.65 Å². The Morgan fingerprint density at radius 2 is 1.60 bits per heavy atom. The fraction of sp³-hybridized carbons (Fsp3) is 0. The lowest BCUT2D eigenvalue weighted by Gasteiger charge is -2.04. The summed E-state index contributed by atoms with van der Waals surface area (Å²) in [5.41, 5.74) is 1.86. The quantitative estimate of drug-likeness (QED) is 0.598. The molecular weight excluding hydrogens is 248 g/mol. The van der Waals surface area contributed by atoms with E-state index in [0.29, 0.717) is 0 Å². The van der Waals surface area contributed by atoms with Gasteiger partial charge >= 0.3 is 0 Å². The SMILES string of the molecule is c1ccc(Nc2nnc3c4ccccc4ccn23)cc1. The molecule has 0 atom stereocenters. The number of benzene rings is 2. The van der Waals surface area contributed by atoms with Gasteiger partial charge in [0.2, 0.25) is 5.95 Å². The molecule has 2 aromatic carbocycles. The van der Waals surface area contributed by atoms with E-state index >= 15 is 0 Å². The van der Waals surface area contributed by atoms with Gasteiger partial charge in [-0.15, -0.1) is 10.2 Å². The van der Waals surface area contributed by atoms with E-state index in [4.69, 9.17) is 0 Å². The largest absolute Gasteiger partial charge is 0.324 e. The number of hydrogen-bond acceptors (Lipinski definition) is 3. The lowest BCUT2D eigenvalue weighted by atomic mass is 10.2. The van der Waals surface area contributed by atoms with Gasteiger partial charge < -0.3 is 5.32 Å². The molecule has 2 heterocycles. The summed E-state index contributed by atoms with van der Waals surface area (Å²) in [5.74, 6) is 0.719. The Hall–Kier alpha value is -2.88. The third kappa shape index (κ3) is 1.70. The number of rotatable bonds is 2. The maximum Gasteiger partial charge on any atom is 0.233 e. The molecule has 0 amide bonds. The van der Waals surface area contributed by atoms with E-state index in [1.54, 1.807) is 0 Å². The minimum atomic E-state index is 0.719. The molecular formula is C16H12N4. The average Bonchev–Trinajstić information content (AvgIpc) is 2.92. The van der Waals surface area contributed by atoms with Gasteiger partial charge in [-0.2, -0.15) is 0 Å². The monoisotopic (exact) mass is 260 g/mol. The molecule has 4 rings (SSSR count). The van der Waals surface area contributed by atoms with Crippen molar-refractivity contribution >= 4 is 28.1 Å². The molecule has 4 heteroatoms. The molecule has 0 aliphatic heterocycles. The van der Waals surface area contributed by atoms with Crippen LogP contribution in [0.2, 0.25) is 0 Å². The Morgan fingerprint density at radius 1 is 0.800 bits per heavy atom. The van der Waals surface area contributed by atoms with Crippen LogP contribution in [0, 0.1) is 0 Å². The number of nitrogens with one attached hydrogen (secondary N) is 1. The third-order valence-electron chi connectivity index (χ3n) is 3.33. The summed E-state index contributed by atoms with van der Waals surface area (Å²) in [5, 5.41) is 14.1. The predicted octanol–water partition coefficient (Wildman–Crippen LogP) is 3.63. The van der Waals surface area contributed by atoms with E-state index in [0.717, 1.165) is 22.7 Å². The fourth-order valence-corrected chi connectivity index (χ4v) is 2.35. The van der Waals surface area contributed by atoms with E-state index in [9.17, 15) is 0 Å². The lowest BCUT2D eigenvalue weighted by Crippen LogP contribution is -1.96. The summed E-state index contributed by atoms with van der Waals surface area (Å²) in [7, 11) is 0. The molecule has 1 N–H and O–H groups in total. The minimum absolute atomic E-state index is 0.719. The van der Waals surface area contributed by atoms with Gasteiger partial charge in [0.25, 0.3) is 0 Å². The van der Waals surface area contributed by atoms with Crippen LogP contribution in [0.15, 0.2) is 66.9 Å². The van der Waals surface area contributed by atoms with Crippen molar-refractivity contribution in [3.63, 3.8) is 0 Å². The third-order valence-corrected chi connectivity index (χ3v) is 3.33. The van der Waals surface area contributed by atoms with E-state index in [2.05, 4.69) is 33.7 Å². The van der Waals surface area contributed by atoms with Crippen molar-refractivity contribution < 1.29 is 0 Å². The van der Waals surface area contributed by atoms with Gasteiger partial charge in [-0.3, -0.25) is 4.40 Å². The second kappa shape index (κ2) is 4.35. The first-order valence-corrected chi connectivity index (χ1v) is 6.46. The first-order valence-electron chi connectivity index (χ1n) is 6.46. The van der Waals surface area contributed by atoms with E-state index in [-0.39, 0.29) is 0 Å². The molecule has 0 aliphatic carbocycles. The number of fused-ring (bicyclic) bond motifs is 3. The van der Waals surface area contributed by atoms with Crippen LogP contribution in [0.5, 0.6) is 0 Å². The molecule has 0 bridgehead atoms. The Kier molecular flexibility index (Phi) is 2.39.